The van der Waals surface area contributed by atoms with E-state index in [1.807, 2.05) is 0 Å². The Labute approximate surface area is 123 Å². The summed E-state index contributed by atoms with van der Waals surface area (Å²) in [6.45, 7) is 4.08. The molecule has 1 aromatic heterocycles. The van der Waals surface area contributed by atoms with Crippen LogP contribution in [0.3, 0.4) is 0 Å². The van der Waals surface area contributed by atoms with Crippen LogP contribution in [0.4, 0.5) is 4.39 Å². The summed E-state index contributed by atoms with van der Waals surface area (Å²) in [7, 11) is 0. The standard InChI is InChI=1S/C15H18ClFN2O/c1-2-7-18-8-3-4-15-19-10-14(20-15)12-9-11(16)5-6-13(12)17/h5-6,9-10,18H,2-4,7-8H2,1H3. The largest absolute Gasteiger partial charge is 0.441 e. The molecule has 20 heavy (non-hydrogen) atoms. The average molecular weight is 297 g/mol. The zero-order valence-corrected chi connectivity index (χ0v) is 12.2. The lowest BCUT2D eigenvalue weighted by Gasteiger charge is -2.01. The van der Waals surface area contributed by atoms with E-state index < -0.39 is 0 Å². The molecule has 0 saturated carbocycles. The summed E-state index contributed by atoms with van der Waals surface area (Å²) in [5.41, 5.74) is 0.348. The van der Waals surface area contributed by atoms with Crippen LogP contribution in [-0.2, 0) is 6.42 Å². The van der Waals surface area contributed by atoms with E-state index in [-0.39, 0.29) is 5.82 Å². The Bertz CT molecular complexity index is 557. The van der Waals surface area contributed by atoms with E-state index in [1.165, 1.54) is 12.1 Å². The van der Waals surface area contributed by atoms with Gasteiger partial charge in [0.25, 0.3) is 0 Å². The molecule has 0 aliphatic heterocycles. The van der Waals surface area contributed by atoms with E-state index in [0.29, 0.717) is 22.2 Å². The lowest BCUT2D eigenvalue weighted by molar-refractivity contribution is 0.488. The van der Waals surface area contributed by atoms with Gasteiger partial charge in [-0.3, -0.25) is 0 Å². The van der Waals surface area contributed by atoms with Crippen LogP contribution in [0.25, 0.3) is 11.3 Å². The van der Waals surface area contributed by atoms with Crippen LogP contribution in [0.1, 0.15) is 25.7 Å². The van der Waals surface area contributed by atoms with Gasteiger partial charge in [0.05, 0.1) is 11.8 Å². The first-order valence-electron chi connectivity index (χ1n) is 6.81. The smallest absolute Gasteiger partial charge is 0.194 e. The highest BCUT2D eigenvalue weighted by molar-refractivity contribution is 6.30. The molecule has 0 saturated heterocycles. The molecule has 0 fully saturated rings. The Morgan fingerprint density at radius 1 is 1.35 bits per heavy atom. The minimum atomic E-state index is -0.360. The molecule has 5 heteroatoms. The van der Waals surface area contributed by atoms with E-state index >= 15 is 0 Å². The maximum absolute atomic E-state index is 13.7. The fourth-order valence-corrected chi connectivity index (χ4v) is 2.08. The van der Waals surface area contributed by atoms with Gasteiger partial charge in [0.1, 0.15) is 5.82 Å². The Balaban J connectivity index is 1.96. The Morgan fingerprint density at radius 2 is 2.20 bits per heavy atom. The van der Waals surface area contributed by atoms with Gasteiger partial charge in [0, 0.05) is 11.4 Å². The maximum atomic E-state index is 13.7. The van der Waals surface area contributed by atoms with Crippen molar-refractivity contribution in [3.05, 3.63) is 41.1 Å². The van der Waals surface area contributed by atoms with Crippen molar-refractivity contribution in [2.24, 2.45) is 0 Å². The molecule has 0 aliphatic rings. The van der Waals surface area contributed by atoms with Gasteiger partial charge in [-0.25, -0.2) is 9.37 Å². The minimum Gasteiger partial charge on any atom is -0.441 e. The second-order valence-electron chi connectivity index (χ2n) is 4.60. The zero-order valence-electron chi connectivity index (χ0n) is 11.5. The average Bonchev–Trinajstić information content (AvgIpc) is 2.90. The molecule has 0 bridgehead atoms. The molecule has 0 aliphatic carbocycles. The molecular weight excluding hydrogens is 279 g/mol. The number of rotatable bonds is 7. The van der Waals surface area contributed by atoms with E-state index in [4.69, 9.17) is 16.0 Å². The minimum absolute atomic E-state index is 0.348. The van der Waals surface area contributed by atoms with Gasteiger partial charge in [-0.15, -0.1) is 0 Å². The van der Waals surface area contributed by atoms with E-state index in [0.717, 1.165) is 32.4 Å². The first-order valence-corrected chi connectivity index (χ1v) is 7.19. The van der Waals surface area contributed by atoms with Crippen molar-refractivity contribution in [2.75, 3.05) is 13.1 Å². The quantitative estimate of drug-likeness (QED) is 0.783. The predicted molar refractivity (Wildman–Crippen MR) is 78.4 cm³/mol. The Kier molecular flexibility index (Phi) is 5.56. The highest BCUT2D eigenvalue weighted by atomic mass is 35.5. The third-order valence-corrected chi connectivity index (χ3v) is 3.15. The van der Waals surface area contributed by atoms with Crippen LogP contribution in [-0.4, -0.2) is 18.1 Å². The summed E-state index contributed by atoms with van der Waals surface area (Å²) in [6, 6.07) is 4.38. The number of oxazole rings is 1. The predicted octanol–water partition coefficient (Wildman–Crippen LogP) is 4.07. The number of hydrogen-bond acceptors (Lipinski definition) is 3. The summed E-state index contributed by atoms with van der Waals surface area (Å²) in [6.07, 6.45) is 4.34. The van der Waals surface area contributed by atoms with Gasteiger partial charge < -0.3 is 9.73 Å². The van der Waals surface area contributed by atoms with E-state index in [1.54, 1.807) is 12.3 Å². The maximum Gasteiger partial charge on any atom is 0.194 e. The van der Waals surface area contributed by atoms with Gasteiger partial charge >= 0.3 is 0 Å². The molecule has 0 unspecified atom stereocenters. The van der Waals surface area contributed by atoms with Gasteiger partial charge in [0.2, 0.25) is 0 Å². The first kappa shape index (κ1) is 15.0. The highest BCUT2D eigenvalue weighted by Gasteiger charge is 2.11. The van der Waals surface area contributed by atoms with Crippen LogP contribution in [0.5, 0.6) is 0 Å². The number of aryl methyl sites for hydroxylation is 1. The lowest BCUT2D eigenvalue weighted by Crippen LogP contribution is -2.16. The van der Waals surface area contributed by atoms with Gasteiger partial charge in [-0.1, -0.05) is 18.5 Å². The molecule has 0 spiro atoms. The molecule has 1 N–H and O–H groups in total. The topological polar surface area (TPSA) is 38.1 Å². The Hall–Kier alpha value is -1.39. The molecule has 3 nitrogen and oxygen atoms in total. The summed E-state index contributed by atoms with van der Waals surface area (Å²) < 4.78 is 19.3. The second-order valence-corrected chi connectivity index (χ2v) is 5.03. The SMILES string of the molecule is CCCNCCCc1ncc(-c2cc(Cl)ccc2F)o1. The van der Waals surface area contributed by atoms with Crippen LogP contribution in [0.2, 0.25) is 5.02 Å². The molecule has 108 valence electrons. The summed E-state index contributed by atoms with van der Waals surface area (Å²) in [5, 5.41) is 3.79. The summed E-state index contributed by atoms with van der Waals surface area (Å²) >= 11 is 5.87. The van der Waals surface area contributed by atoms with Crippen molar-refractivity contribution in [2.45, 2.75) is 26.2 Å². The normalized spacial score (nSPS) is 10.9. The molecule has 1 heterocycles. The summed E-state index contributed by atoms with van der Waals surface area (Å²) in [5.74, 6) is 0.681. The van der Waals surface area contributed by atoms with Gasteiger partial charge in [0.15, 0.2) is 11.7 Å². The van der Waals surface area contributed by atoms with Gasteiger partial charge in [-0.05, 0) is 44.1 Å². The molecule has 0 radical (unpaired) electrons. The van der Waals surface area contributed by atoms with E-state index in [2.05, 4.69) is 17.2 Å². The number of benzene rings is 1. The molecule has 1 aromatic carbocycles. The number of hydrogen-bond donors (Lipinski definition) is 1. The second kappa shape index (κ2) is 7.41. The van der Waals surface area contributed by atoms with Crippen LogP contribution >= 0.6 is 11.6 Å². The molecule has 2 aromatic rings. The third kappa shape index (κ3) is 4.05. The molecular formula is C15H18ClFN2O. The number of nitrogens with one attached hydrogen (secondary N) is 1. The third-order valence-electron chi connectivity index (χ3n) is 2.92. The van der Waals surface area contributed by atoms with Crippen molar-refractivity contribution in [1.82, 2.24) is 10.3 Å². The number of halogens is 2. The fourth-order valence-electron chi connectivity index (χ4n) is 1.90. The molecule has 0 atom stereocenters. The van der Waals surface area contributed by atoms with E-state index in [9.17, 15) is 4.39 Å². The molecule has 2 rings (SSSR count). The fraction of sp³-hybridized carbons (Fsp3) is 0.400. The monoisotopic (exact) mass is 296 g/mol. The van der Waals surface area contributed by atoms with Gasteiger partial charge in [-0.2, -0.15) is 0 Å². The first-order chi connectivity index (χ1) is 9.70. The summed E-state index contributed by atoms with van der Waals surface area (Å²) in [4.78, 5) is 4.18. The zero-order chi connectivity index (χ0) is 14.4. The van der Waals surface area contributed by atoms with Crippen molar-refractivity contribution in [3.63, 3.8) is 0 Å². The number of aromatic nitrogens is 1. The highest BCUT2D eigenvalue weighted by Crippen LogP contribution is 2.26. The number of nitrogens with zero attached hydrogens (tertiary/aromatic N) is 1. The molecule has 0 amide bonds. The van der Waals surface area contributed by atoms with Crippen molar-refractivity contribution in [3.8, 4) is 11.3 Å². The Morgan fingerprint density at radius 3 is 3.00 bits per heavy atom. The van der Waals surface area contributed by atoms with Crippen molar-refractivity contribution in [1.29, 1.82) is 0 Å². The van der Waals surface area contributed by atoms with Crippen LogP contribution in [0, 0.1) is 5.82 Å². The van der Waals surface area contributed by atoms with Crippen LogP contribution < -0.4 is 5.32 Å². The lowest BCUT2D eigenvalue weighted by atomic mass is 10.2. The van der Waals surface area contributed by atoms with Crippen molar-refractivity contribution < 1.29 is 8.81 Å². The van der Waals surface area contributed by atoms with Crippen LogP contribution in [0.15, 0.2) is 28.8 Å². The van der Waals surface area contributed by atoms with Crippen molar-refractivity contribution >= 4 is 11.6 Å².